The summed E-state index contributed by atoms with van der Waals surface area (Å²) in [6.07, 6.45) is 0. The Labute approximate surface area is 87.5 Å². The number of hydrogen-bond acceptors (Lipinski definition) is 1. The van der Waals surface area contributed by atoms with Crippen LogP contribution in [0.1, 0.15) is 25.5 Å². The van der Waals surface area contributed by atoms with Gasteiger partial charge in [-0.15, -0.1) is 0 Å². The predicted molar refractivity (Wildman–Crippen MR) is 60.9 cm³/mol. The Morgan fingerprint density at radius 1 is 1.33 bits per heavy atom. The van der Waals surface area contributed by atoms with Gasteiger partial charge in [-0.2, -0.15) is 0 Å². The predicted octanol–water partition coefficient (Wildman–Crippen LogP) is 2.95. The van der Waals surface area contributed by atoms with Gasteiger partial charge in [0.25, 0.3) is 0 Å². The van der Waals surface area contributed by atoms with Gasteiger partial charge in [-0.05, 0) is 46.2 Å². The Hall–Kier alpha value is -0.0900. The van der Waals surface area contributed by atoms with Crippen LogP contribution >= 0.6 is 22.6 Å². The quantitative estimate of drug-likeness (QED) is 0.825. The molecule has 66 valence electrons. The first-order valence-corrected chi connectivity index (χ1v) is 5.20. The molecule has 2 heteroatoms. The van der Waals surface area contributed by atoms with E-state index in [1.165, 1.54) is 9.13 Å². The van der Waals surface area contributed by atoms with Crippen LogP contribution in [0.25, 0.3) is 0 Å². The molecule has 1 atom stereocenters. The average molecular weight is 275 g/mol. The lowest BCUT2D eigenvalue weighted by molar-refractivity contribution is 0.514. The van der Waals surface area contributed by atoms with Gasteiger partial charge in [0.2, 0.25) is 0 Å². The maximum atomic E-state index is 6.00. The lowest BCUT2D eigenvalue weighted by Crippen LogP contribution is -2.16. The molecule has 1 nitrogen and oxygen atoms in total. The van der Waals surface area contributed by atoms with Crippen LogP contribution in [0.2, 0.25) is 0 Å². The van der Waals surface area contributed by atoms with E-state index in [1.54, 1.807) is 0 Å². The van der Waals surface area contributed by atoms with Crippen molar-refractivity contribution in [3.8, 4) is 0 Å². The van der Waals surface area contributed by atoms with Crippen molar-refractivity contribution in [3.63, 3.8) is 0 Å². The molecule has 0 aromatic heterocycles. The Balaban J connectivity index is 2.88. The average Bonchev–Trinajstić information content (AvgIpc) is 2.03. The molecule has 0 aliphatic heterocycles. The third-order valence-corrected chi connectivity index (χ3v) is 2.62. The molecular formula is C10H14IN. The van der Waals surface area contributed by atoms with E-state index in [9.17, 15) is 0 Å². The largest absolute Gasteiger partial charge is 0.324 e. The first kappa shape index (κ1) is 9.99. The highest BCUT2D eigenvalue weighted by molar-refractivity contribution is 14.1. The zero-order valence-corrected chi connectivity index (χ0v) is 9.58. The minimum Gasteiger partial charge on any atom is -0.324 e. The van der Waals surface area contributed by atoms with Crippen LogP contribution in [-0.4, -0.2) is 0 Å². The second-order valence-corrected chi connectivity index (χ2v) is 4.57. The molecule has 2 N–H and O–H groups in total. The maximum Gasteiger partial charge on any atom is 0.0318 e. The number of benzene rings is 1. The monoisotopic (exact) mass is 275 g/mol. The van der Waals surface area contributed by atoms with Crippen molar-refractivity contribution in [1.29, 1.82) is 0 Å². The fourth-order valence-corrected chi connectivity index (χ4v) is 1.67. The van der Waals surface area contributed by atoms with Gasteiger partial charge in [-0.3, -0.25) is 0 Å². The standard InChI is InChI=1S/C10H14IN/c1-7(2)10(12)8-4-3-5-9(11)6-8/h3-7,10H,12H2,1-2H3/t10-/m1/s1. The summed E-state index contributed by atoms with van der Waals surface area (Å²) in [7, 11) is 0. The van der Waals surface area contributed by atoms with E-state index >= 15 is 0 Å². The molecule has 12 heavy (non-hydrogen) atoms. The van der Waals surface area contributed by atoms with Gasteiger partial charge in [-0.1, -0.05) is 26.0 Å². The zero-order chi connectivity index (χ0) is 9.14. The van der Waals surface area contributed by atoms with Crippen molar-refractivity contribution in [2.75, 3.05) is 0 Å². The van der Waals surface area contributed by atoms with E-state index in [4.69, 9.17) is 5.73 Å². The van der Waals surface area contributed by atoms with Crippen LogP contribution in [-0.2, 0) is 0 Å². The Kier molecular flexibility index (Phi) is 3.53. The summed E-state index contributed by atoms with van der Waals surface area (Å²) in [5.74, 6) is 0.503. The molecule has 0 heterocycles. The minimum atomic E-state index is 0.166. The van der Waals surface area contributed by atoms with Gasteiger partial charge >= 0.3 is 0 Å². The number of halogens is 1. The van der Waals surface area contributed by atoms with Gasteiger partial charge < -0.3 is 5.73 Å². The lowest BCUT2D eigenvalue weighted by Gasteiger charge is -2.15. The summed E-state index contributed by atoms with van der Waals surface area (Å²) >= 11 is 2.31. The fraction of sp³-hybridized carbons (Fsp3) is 0.400. The van der Waals surface area contributed by atoms with Gasteiger partial charge in [0.15, 0.2) is 0 Å². The maximum absolute atomic E-state index is 6.00. The van der Waals surface area contributed by atoms with Crippen molar-refractivity contribution in [2.45, 2.75) is 19.9 Å². The van der Waals surface area contributed by atoms with E-state index in [0.717, 1.165) is 0 Å². The zero-order valence-electron chi connectivity index (χ0n) is 7.42. The van der Waals surface area contributed by atoms with Gasteiger partial charge in [0, 0.05) is 9.61 Å². The highest BCUT2D eigenvalue weighted by Crippen LogP contribution is 2.20. The van der Waals surface area contributed by atoms with Crippen molar-refractivity contribution >= 4 is 22.6 Å². The highest BCUT2D eigenvalue weighted by atomic mass is 127. The summed E-state index contributed by atoms with van der Waals surface area (Å²) in [6.45, 7) is 4.29. The molecule has 0 saturated carbocycles. The second-order valence-electron chi connectivity index (χ2n) is 3.32. The smallest absolute Gasteiger partial charge is 0.0318 e. The van der Waals surface area contributed by atoms with Gasteiger partial charge in [-0.25, -0.2) is 0 Å². The molecule has 0 fully saturated rings. The fourth-order valence-electron chi connectivity index (χ4n) is 1.10. The molecule has 0 radical (unpaired) electrons. The van der Waals surface area contributed by atoms with Crippen molar-refractivity contribution < 1.29 is 0 Å². The summed E-state index contributed by atoms with van der Waals surface area (Å²) in [5, 5.41) is 0. The molecule has 1 aromatic rings. The summed E-state index contributed by atoms with van der Waals surface area (Å²) in [5.41, 5.74) is 7.24. The first-order valence-electron chi connectivity index (χ1n) is 4.12. The molecular weight excluding hydrogens is 261 g/mol. The molecule has 0 bridgehead atoms. The highest BCUT2D eigenvalue weighted by Gasteiger charge is 2.09. The van der Waals surface area contributed by atoms with Crippen LogP contribution in [0, 0.1) is 9.49 Å². The SMILES string of the molecule is CC(C)[C@@H](N)c1cccc(I)c1. The molecule has 0 aliphatic carbocycles. The van der Waals surface area contributed by atoms with E-state index < -0.39 is 0 Å². The first-order chi connectivity index (χ1) is 5.61. The minimum absolute atomic E-state index is 0.166. The molecule has 0 unspecified atom stereocenters. The summed E-state index contributed by atoms with van der Waals surface area (Å²) in [6, 6.07) is 8.54. The normalized spacial score (nSPS) is 13.4. The molecule has 1 aromatic carbocycles. The van der Waals surface area contributed by atoms with Crippen LogP contribution in [0.5, 0.6) is 0 Å². The molecule has 0 spiro atoms. The van der Waals surface area contributed by atoms with Crippen LogP contribution in [0.15, 0.2) is 24.3 Å². The number of nitrogens with two attached hydrogens (primary N) is 1. The van der Waals surface area contributed by atoms with E-state index in [2.05, 4.69) is 60.7 Å². The molecule has 0 aliphatic rings. The summed E-state index contributed by atoms with van der Waals surface area (Å²) in [4.78, 5) is 0. The van der Waals surface area contributed by atoms with E-state index in [0.29, 0.717) is 5.92 Å². The topological polar surface area (TPSA) is 26.0 Å². The van der Waals surface area contributed by atoms with Gasteiger partial charge in [0.1, 0.15) is 0 Å². The van der Waals surface area contributed by atoms with Crippen LogP contribution in [0.3, 0.4) is 0 Å². The Morgan fingerprint density at radius 2 is 2.00 bits per heavy atom. The lowest BCUT2D eigenvalue weighted by atomic mass is 9.97. The summed E-state index contributed by atoms with van der Waals surface area (Å²) < 4.78 is 1.25. The molecule has 0 amide bonds. The number of hydrogen-bond donors (Lipinski definition) is 1. The van der Waals surface area contributed by atoms with E-state index in [-0.39, 0.29) is 6.04 Å². The third kappa shape index (κ3) is 2.45. The molecule has 1 rings (SSSR count). The van der Waals surface area contributed by atoms with Gasteiger partial charge in [0.05, 0.1) is 0 Å². The second kappa shape index (κ2) is 4.23. The Morgan fingerprint density at radius 3 is 2.50 bits per heavy atom. The number of rotatable bonds is 2. The van der Waals surface area contributed by atoms with Crippen LogP contribution < -0.4 is 5.73 Å². The van der Waals surface area contributed by atoms with Crippen molar-refractivity contribution in [3.05, 3.63) is 33.4 Å². The molecule has 0 saturated heterocycles. The third-order valence-electron chi connectivity index (χ3n) is 1.95. The van der Waals surface area contributed by atoms with Crippen molar-refractivity contribution in [1.82, 2.24) is 0 Å². The van der Waals surface area contributed by atoms with Crippen molar-refractivity contribution in [2.24, 2.45) is 11.7 Å². The van der Waals surface area contributed by atoms with Crippen LogP contribution in [0.4, 0.5) is 0 Å². The Bertz CT molecular complexity index is 258. The van der Waals surface area contributed by atoms with E-state index in [1.807, 2.05) is 0 Å².